The van der Waals surface area contributed by atoms with E-state index < -0.39 is 0 Å². The molecule has 1 aliphatic carbocycles. The molecule has 2 aromatic heterocycles. The number of nitrogen functional groups attached to an aromatic ring is 1. The summed E-state index contributed by atoms with van der Waals surface area (Å²) >= 11 is 0. The predicted molar refractivity (Wildman–Crippen MR) is 175 cm³/mol. The molecule has 4 aromatic rings. The van der Waals surface area contributed by atoms with Crippen LogP contribution >= 0.6 is 0 Å². The zero-order valence-electron chi connectivity index (χ0n) is 25.2. The fourth-order valence-corrected chi connectivity index (χ4v) is 6.14. The number of aromatic nitrogens is 4. The second-order valence-electron chi connectivity index (χ2n) is 11.9. The van der Waals surface area contributed by atoms with Crippen LogP contribution in [0.3, 0.4) is 0 Å². The summed E-state index contributed by atoms with van der Waals surface area (Å²) in [6.07, 6.45) is 8.05. The highest BCUT2D eigenvalue weighted by atomic mass is 15.3. The molecule has 228 valence electrons. The van der Waals surface area contributed by atoms with Crippen LogP contribution in [0.2, 0.25) is 0 Å². The number of hydrogen-bond donors (Lipinski definition) is 5. The molecule has 43 heavy (non-hydrogen) atoms. The van der Waals surface area contributed by atoms with E-state index in [-0.39, 0.29) is 0 Å². The number of piperazine rings is 1. The number of benzene rings is 2. The topological polar surface area (TPSA) is 123 Å². The highest BCUT2D eigenvalue weighted by molar-refractivity contribution is 5.74. The van der Waals surface area contributed by atoms with E-state index in [1.54, 1.807) is 0 Å². The number of aromatic amines is 1. The van der Waals surface area contributed by atoms with E-state index in [9.17, 15) is 0 Å². The SMILES string of the molecule is Nc1cc(N2CCN(Cc3nc4ccccc4[nH]3)CC2)nc(NCc2ccc(CNCCCNC3CCCCC3)cc2)n1. The molecule has 2 aliphatic rings. The number of rotatable bonds is 13. The Morgan fingerprint density at radius 1 is 0.837 bits per heavy atom. The van der Waals surface area contributed by atoms with Gasteiger partial charge in [-0.3, -0.25) is 4.90 Å². The maximum Gasteiger partial charge on any atom is 0.226 e. The summed E-state index contributed by atoms with van der Waals surface area (Å²) in [5.74, 6) is 2.92. The number of para-hydroxylation sites is 2. The standard InChI is InChI=1S/C33H46N10/c34-30-21-32(43-19-17-42(18-20-43)24-31-38-28-9-4-5-10-29(28)39-31)41-33(40-30)37-23-26-13-11-25(12-14-26)22-35-15-6-16-36-27-7-2-1-3-8-27/h4-5,9-14,21,27,35-36H,1-3,6-8,15-20,22-24H2,(H,38,39)(H3,34,37,40,41). The molecule has 6 rings (SSSR count). The summed E-state index contributed by atoms with van der Waals surface area (Å²) in [6, 6.07) is 19.5. The van der Waals surface area contributed by atoms with E-state index in [1.807, 2.05) is 24.3 Å². The van der Waals surface area contributed by atoms with Crippen molar-refractivity contribution in [1.82, 2.24) is 35.5 Å². The number of nitrogens with two attached hydrogens (primary N) is 1. The molecular formula is C33H46N10. The van der Waals surface area contributed by atoms with Crippen molar-refractivity contribution in [2.45, 2.75) is 64.2 Å². The van der Waals surface area contributed by atoms with Crippen molar-refractivity contribution in [3.63, 3.8) is 0 Å². The number of nitrogens with one attached hydrogen (secondary N) is 4. The lowest BCUT2D eigenvalue weighted by molar-refractivity contribution is 0.244. The Hall–Kier alpha value is -3.73. The first-order valence-electron chi connectivity index (χ1n) is 16.0. The summed E-state index contributed by atoms with van der Waals surface area (Å²) in [6.45, 7) is 8.12. The average molecular weight is 583 g/mol. The van der Waals surface area contributed by atoms with Gasteiger partial charge in [0.15, 0.2) is 0 Å². The van der Waals surface area contributed by atoms with Crippen molar-refractivity contribution in [2.75, 3.05) is 55.2 Å². The van der Waals surface area contributed by atoms with Crippen LogP contribution in [-0.2, 0) is 19.6 Å². The molecule has 1 aliphatic heterocycles. The molecule has 1 saturated carbocycles. The molecule has 10 nitrogen and oxygen atoms in total. The van der Waals surface area contributed by atoms with Crippen LogP contribution in [0.5, 0.6) is 0 Å². The summed E-state index contributed by atoms with van der Waals surface area (Å²) < 4.78 is 0. The summed E-state index contributed by atoms with van der Waals surface area (Å²) in [4.78, 5) is 22.1. The van der Waals surface area contributed by atoms with Crippen molar-refractivity contribution in [2.24, 2.45) is 0 Å². The molecule has 0 bridgehead atoms. The number of imidazole rings is 1. The zero-order valence-corrected chi connectivity index (χ0v) is 25.2. The van der Waals surface area contributed by atoms with E-state index in [4.69, 9.17) is 15.7 Å². The minimum absolute atomic E-state index is 0.479. The Balaban J connectivity index is 0.918. The van der Waals surface area contributed by atoms with Gasteiger partial charge < -0.3 is 31.6 Å². The fourth-order valence-electron chi connectivity index (χ4n) is 6.14. The normalized spacial score (nSPS) is 16.6. The largest absolute Gasteiger partial charge is 0.383 e. The van der Waals surface area contributed by atoms with Crippen molar-refractivity contribution < 1.29 is 0 Å². The van der Waals surface area contributed by atoms with Crippen LogP contribution in [0.15, 0.2) is 54.6 Å². The van der Waals surface area contributed by atoms with Gasteiger partial charge in [0.1, 0.15) is 17.5 Å². The first-order valence-corrected chi connectivity index (χ1v) is 16.0. The molecule has 1 saturated heterocycles. The van der Waals surface area contributed by atoms with Gasteiger partial charge >= 0.3 is 0 Å². The van der Waals surface area contributed by atoms with Gasteiger partial charge in [0.25, 0.3) is 0 Å². The molecule has 0 amide bonds. The number of H-pyrrole nitrogens is 1. The third-order valence-corrected chi connectivity index (χ3v) is 8.61. The summed E-state index contributed by atoms with van der Waals surface area (Å²) in [7, 11) is 0. The number of nitrogens with zero attached hydrogens (tertiary/aromatic N) is 5. The average Bonchev–Trinajstić information content (AvgIpc) is 3.45. The van der Waals surface area contributed by atoms with Gasteiger partial charge in [-0.25, -0.2) is 4.98 Å². The summed E-state index contributed by atoms with van der Waals surface area (Å²) in [5, 5.41) is 10.7. The number of hydrogen-bond acceptors (Lipinski definition) is 9. The van der Waals surface area contributed by atoms with Crippen LogP contribution in [0, 0.1) is 0 Å². The second-order valence-corrected chi connectivity index (χ2v) is 11.9. The lowest BCUT2D eigenvalue weighted by Gasteiger charge is -2.35. The van der Waals surface area contributed by atoms with E-state index in [0.29, 0.717) is 18.3 Å². The van der Waals surface area contributed by atoms with Gasteiger partial charge in [0.05, 0.1) is 17.6 Å². The highest BCUT2D eigenvalue weighted by Crippen LogP contribution is 2.20. The van der Waals surface area contributed by atoms with Crippen molar-refractivity contribution in [3.8, 4) is 0 Å². The number of fused-ring (bicyclic) bond motifs is 1. The van der Waals surface area contributed by atoms with Gasteiger partial charge in [-0.1, -0.05) is 55.7 Å². The third-order valence-electron chi connectivity index (χ3n) is 8.61. The smallest absolute Gasteiger partial charge is 0.226 e. The third kappa shape index (κ3) is 8.43. The van der Waals surface area contributed by atoms with Crippen LogP contribution in [0.4, 0.5) is 17.6 Å². The minimum atomic E-state index is 0.479. The predicted octanol–water partition coefficient (Wildman–Crippen LogP) is 4.27. The Kier molecular flexibility index (Phi) is 9.99. The highest BCUT2D eigenvalue weighted by Gasteiger charge is 2.20. The van der Waals surface area contributed by atoms with Crippen LogP contribution < -0.4 is 26.6 Å². The molecular weight excluding hydrogens is 536 g/mol. The van der Waals surface area contributed by atoms with Crippen LogP contribution in [0.25, 0.3) is 11.0 Å². The number of anilines is 3. The van der Waals surface area contributed by atoms with Gasteiger partial charge in [0.2, 0.25) is 5.95 Å². The molecule has 0 unspecified atom stereocenters. The van der Waals surface area contributed by atoms with Crippen LogP contribution in [0.1, 0.15) is 55.5 Å². The molecule has 0 spiro atoms. The molecule has 2 aromatic carbocycles. The Labute approximate surface area is 254 Å². The van der Waals surface area contributed by atoms with E-state index in [0.717, 1.165) is 81.1 Å². The molecule has 6 N–H and O–H groups in total. The minimum Gasteiger partial charge on any atom is -0.383 e. The Morgan fingerprint density at radius 3 is 2.40 bits per heavy atom. The maximum absolute atomic E-state index is 6.18. The van der Waals surface area contributed by atoms with E-state index >= 15 is 0 Å². The molecule has 3 heterocycles. The fraction of sp³-hybridized carbons (Fsp3) is 0.485. The second kappa shape index (κ2) is 14.6. The lowest BCUT2D eigenvalue weighted by atomic mass is 9.95. The Bertz CT molecular complexity index is 1390. The van der Waals surface area contributed by atoms with Gasteiger partial charge in [-0.05, 0) is 55.6 Å². The molecule has 2 fully saturated rings. The van der Waals surface area contributed by atoms with Crippen molar-refractivity contribution >= 4 is 28.6 Å². The van der Waals surface area contributed by atoms with Crippen molar-refractivity contribution in [3.05, 3.63) is 71.5 Å². The van der Waals surface area contributed by atoms with Gasteiger partial charge in [-0.15, -0.1) is 0 Å². The van der Waals surface area contributed by atoms with E-state index in [2.05, 4.69) is 66.0 Å². The molecule has 0 atom stereocenters. The van der Waals surface area contributed by atoms with Crippen LogP contribution in [-0.4, -0.2) is 70.1 Å². The maximum atomic E-state index is 6.18. The molecule has 0 radical (unpaired) electrons. The van der Waals surface area contributed by atoms with Crippen molar-refractivity contribution in [1.29, 1.82) is 0 Å². The summed E-state index contributed by atoms with van der Waals surface area (Å²) in [5.41, 5.74) is 10.8. The van der Waals surface area contributed by atoms with E-state index in [1.165, 1.54) is 49.7 Å². The first-order chi connectivity index (χ1) is 21.2. The zero-order chi connectivity index (χ0) is 29.3. The van der Waals surface area contributed by atoms with Gasteiger partial charge in [-0.2, -0.15) is 9.97 Å². The Morgan fingerprint density at radius 2 is 1.60 bits per heavy atom. The van der Waals surface area contributed by atoms with Gasteiger partial charge in [0, 0.05) is 51.4 Å². The monoisotopic (exact) mass is 582 g/mol. The molecule has 10 heteroatoms. The quantitative estimate of drug-likeness (QED) is 0.147. The first kappa shape index (κ1) is 29.3. The lowest BCUT2D eigenvalue weighted by Crippen LogP contribution is -2.46.